The predicted molar refractivity (Wildman–Crippen MR) is 102 cm³/mol. The van der Waals surface area contributed by atoms with E-state index in [2.05, 4.69) is 0 Å². The molecule has 1 fully saturated rings. The Morgan fingerprint density at radius 3 is 2.44 bits per heavy atom. The Balaban J connectivity index is 1.80. The van der Waals surface area contributed by atoms with Gasteiger partial charge in [0.1, 0.15) is 0 Å². The number of hydrogen-bond acceptors (Lipinski definition) is 5. The van der Waals surface area contributed by atoms with Gasteiger partial charge in [-0.3, -0.25) is 0 Å². The van der Waals surface area contributed by atoms with Crippen molar-refractivity contribution in [3.8, 4) is 11.5 Å². The number of benzene rings is 2. The molecule has 0 radical (unpaired) electrons. The van der Waals surface area contributed by atoms with Crippen molar-refractivity contribution < 1.29 is 22.7 Å². The van der Waals surface area contributed by atoms with Crippen LogP contribution in [0.25, 0.3) is 0 Å². The molecule has 0 bridgehead atoms. The molecule has 0 aromatic heterocycles. The highest BCUT2D eigenvalue weighted by Gasteiger charge is 2.27. The second-order valence-corrected chi connectivity index (χ2v) is 8.26. The molecule has 0 saturated carbocycles. The van der Waals surface area contributed by atoms with Crippen molar-refractivity contribution in [3.63, 3.8) is 0 Å². The zero-order chi connectivity index (χ0) is 19.3. The Hall–Kier alpha value is -2.38. The number of esters is 1. The van der Waals surface area contributed by atoms with Crippen molar-refractivity contribution in [1.29, 1.82) is 0 Å². The molecule has 144 valence electrons. The molecule has 0 aliphatic carbocycles. The molecule has 0 spiro atoms. The largest absolute Gasteiger partial charge is 0.490 e. The monoisotopic (exact) mass is 389 g/mol. The summed E-state index contributed by atoms with van der Waals surface area (Å²) in [5, 5.41) is 0. The van der Waals surface area contributed by atoms with Crippen molar-refractivity contribution in [1.82, 2.24) is 4.31 Å². The highest BCUT2D eigenvalue weighted by Crippen LogP contribution is 2.28. The summed E-state index contributed by atoms with van der Waals surface area (Å²) in [5.41, 5.74) is 0.181. The SMILES string of the molecule is CCCOc1ccccc1OC(=O)c1cccc(S(=O)(=O)N2CCCC2)c1. The predicted octanol–water partition coefficient (Wildman–Crippen LogP) is 3.48. The van der Waals surface area contributed by atoms with Crippen LogP contribution in [0.2, 0.25) is 0 Å². The molecule has 1 aliphatic heterocycles. The number of nitrogens with zero attached hydrogens (tertiary/aromatic N) is 1. The maximum atomic E-state index is 12.7. The maximum Gasteiger partial charge on any atom is 0.343 e. The van der Waals surface area contributed by atoms with Crippen LogP contribution in [-0.2, 0) is 10.0 Å². The molecule has 7 heteroatoms. The Morgan fingerprint density at radius 2 is 1.74 bits per heavy atom. The van der Waals surface area contributed by atoms with Gasteiger partial charge in [-0.15, -0.1) is 0 Å². The topological polar surface area (TPSA) is 72.9 Å². The van der Waals surface area contributed by atoms with E-state index in [4.69, 9.17) is 9.47 Å². The van der Waals surface area contributed by atoms with Crippen molar-refractivity contribution in [2.45, 2.75) is 31.1 Å². The first-order valence-electron chi connectivity index (χ1n) is 9.06. The number of sulfonamides is 1. The Kier molecular flexibility index (Phi) is 6.13. The van der Waals surface area contributed by atoms with Crippen molar-refractivity contribution in [3.05, 3.63) is 54.1 Å². The van der Waals surface area contributed by atoms with E-state index < -0.39 is 16.0 Å². The minimum absolute atomic E-state index is 0.106. The van der Waals surface area contributed by atoms with Gasteiger partial charge in [-0.05, 0) is 49.6 Å². The van der Waals surface area contributed by atoms with Gasteiger partial charge in [0, 0.05) is 13.1 Å². The molecule has 2 aromatic rings. The summed E-state index contributed by atoms with van der Waals surface area (Å²) < 4.78 is 37.9. The summed E-state index contributed by atoms with van der Waals surface area (Å²) in [5.74, 6) is 0.165. The van der Waals surface area contributed by atoms with Gasteiger partial charge in [-0.1, -0.05) is 25.1 Å². The van der Waals surface area contributed by atoms with Crippen molar-refractivity contribution in [2.75, 3.05) is 19.7 Å². The number of carbonyl (C=O) groups excluding carboxylic acids is 1. The van der Waals surface area contributed by atoms with Crippen LogP contribution in [0.3, 0.4) is 0 Å². The van der Waals surface area contributed by atoms with Crippen LogP contribution in [0.1, 0.15) is 36.5 Å². The second-order valence-electron chi connectivity index (χ2n) is 6.32. The first kappa shape index (κ1) is 19.4. The number of rotatable bonds is 7. The van der Waals surface area contributed by atoms with E-state index in [1.54, 1.807) is 36.4 Å². The third-order valence-electron chi connectivity index (χ3n) is 4.29. The highest BCUT2D eigenvalue weighted by atomic mass is 32.2. The van der Waals surface area contributed by atoms with Gasteiger partial charge in [0.05, 0.1) is 17.1 Å². The Bertz CT molecular complexity index is 904. The molecule has 27 heavy (non-hydrogen) atoms. The zero-order valence-corrected chi connectivity index (χ0v) is 16.1. The normalized spacial score (nSPS) is 14.9. The van der Waals surface area contributed by atoms with Crippen LogP contribution in [0.15, 0.2) is 53.4 Å². The van der Waals surface area contributed by atoms with E-state index in [1.165, 1.54) is 16.4 Å². The fourth-order valence-electron chi connectivity index (χ4n) is 2.89. The molecule has 1 aliphatic rings. The minimum Gasteiger partial charge on any atom is -0.490 e. The van der Waals surface area contributed by atoms with Crippen LogP contribution >= 0.6 is 0 Å². The van der Waals surface area contributed by atoms with Crippen molar-refractivity contribution in [2.24, 2.45) is 0 Å². The summed E-state index contributed by atoms with van der Waals surface area (Å²) in [7, 11) is -3.59. The molecule has 1 saturated heterocycles. The Labute approximate surface area is 159 Å². The average molecular weight is 389 g/mol. The van der Waals surface area contributed by atoms with Gasteiger partial charge >= 0.3 is 5.97 Å². The van der Waals surface area contributed by atoms with Crippen LogP contribution < -0.4 is 9.47 Å². The van der Waals surface area contributed by atoms with E-state index in [0.717, 1.165) is 19.3 Å². The highest BCUT2D eigenvalue weighted by molar-refractivity contribution is 7.89. The summed E-state index contributed by atoms with van der Waals surface area (Å²) in [6.07, 6.45) is 2.55. The first-order chi connectivity index (χ1) is 13.0. The second kappa shape index (κ2) is 8.54. The van der Waals surface area contributed by atoms with Crippen LogP contribution in [0.4, 0.5) is 0 Å². The molecule has 1 heterocycles. The van der Waals surface area contributed by atoms with Gasteiger partial charge in [0.2, 0.25) is 10.0 Å². The molecular formula is C20H23NO5S. The van der Waals surface area contributed by atoms with Gasteiger partial charge in [0.25, 0.3) is 0 Å². The lowest BCUT2D eigenvalue weighted by molar-refractivity contribution is 0.0728. The molecule has 0 unspecified atom stereocenters. The van der Waals surface area contributed by atoms with E-state index in [1.807, 2.05) is 6.92 Å². The van der Waals surface area contributed by atoms with E-state index in [-0.39, 0.29) is 10.5 Å². The molecule has 0 atom stereocenters. The molecule has 6 nitrogen and oxygen atoms in total. The zero-order valence-electron chi connectivity index (χ0n) is 15.3. The van der Waals surface area contributed by atoms with Gasteiger partial charge in [0.15, 0.2) is 11.5 Å². The standard InChI is InChI=1S/C20H23NO5S/c1-2-14-25-18-10-3-4-11-19(18)26-20(22)16-8-7-9-17(15-16)27(23,24)21-12-5-6-13-21/h3-4,7-11,15H,2,5-6,12-14H2,1H3. The van der Waals surface area contributed by atoms with Gasteiger partial charge < -0.3 is 9.47 Å². The molecular weight excluding hydrogens is 366 g/mol. The summed E-state index contributed by atoms with van der Waals surface area (Å²) in [6.45, 7) is 3.53. The molecule has 0 amide bonds. The average Bonchev–Trinajstić information content (AvgIpc) is 3.23. The van der Waals surface area contributed by atoms with Crippen LogP contribution in [0, 0.1) is 0 Å². The summed E-state index contributed by atoms with van der Waals surface area (Å²) in [4.78, 5) is 12.7. The van der Waals surface area contributed by atoms with E-state index in [0.29, 0.717) is 31.2 Å². The first-order valence-corrected chi connectivity index (χ1v) is 10.5. The quantitative estimate of drug-likeness (QED) is 0.535. The molecule has 2 aromatic carbocycles. The maximum absolute atomic E-state index is 12.7. The van der Waals surface area contributed by atoms with E-state index in [9.17, 15) is 13.2 Å². The molecule has 3 rings (SSSR count). The lowest BCUT2D eigenvalue weighted by Gasteiger charge is -2.16. The van der Waals surface area contributed by atoms with Crippen molar-refractivity contribution >= 4 is 16.0 Å². The summed E-state index contributed by atoms with van der Waals surface area (Å²) >= 11 is 0. The fraction of sp³-hybridized carbons (Fsp3) is 0.350. The van der Waals surface area contributed by atoms with Crippen LogP contribution in [0.5, 0.6) is 11.5 Å². The van der Waals surface area contributed by atoms with Crippen LogP contribution in [-0.4, -0.2) is 38.4 Å². The number of para-hydroxylation sites is 2. The number of carbonyl (C=O) groups is 1. The van der Waals surface area contributed by atoms with Gasteiger partial charge in [-0.25, -0.2) is 13.2 Å². The summed E-state index contributed by atoms with van der Waals surface area (Å²) in [6, 6.07) is 12.9. The minimum atomic E-state index is -3.59. The van der Waals surface area contributed by atoms with E-state index >= 15 is 0 Å². The smallest absolute Gasteiger partial charge is 0.343 e. The van der Waals surface area contributed by atoms with Gasteiger partial charge in [-0.2, -0.15) is 4.31 Å². The third-order valence-corrected chi connectivity index (χ3v) is 6.18. The molecule has 0 N–H and O–H groups in total. The fourth-order valence-corrected chi connectivity index (χ4v) is 4.45. The number of ether oxygens (including phenoxy) is 2. The Morgan fingerprint density at radius 1 is 1.04 bits per heavy atom. The lowest BCUT2D eigenvalue weighted by atomic mass is 10.2. The number of hydrogen-bond donors (Lipinski definition) is 0. The lowest BCUT2D eigenvalue weighted by Crippen LogP contribution is -2.28. The third kappa shape index (κ3) is 4.48.